The first-order valence-electron chi connectivity index (χ1n) is 8.76. The zero-order valence-corrected chi connectivity index (χ0v) is 15.9. The predicted octanol–water partition coefficient (Wildman–Crippen LogP) is 3.56. The average molecular weight is 396 g/mol. The van der Waals surface area contributed by atoms with Crippen LogP contribution in [0.5, 0.6) is 0 Å². The Morgan fingerprint density at radius 3 is 2.32 bits per heavy atom. The number of hydrogen-bond acceptors (Lipinski definition) is 5. The Balaban J connectivity index is 1.62. The maximum Gasteiger partial charge on any atom is 0.306 e. The van der Waals surface area contributed by atoms with Crippen molar-refractivity contribution in [1.29, 1.82) is 0 Å². The third-order valence-corrected chi connectivity index (χ3v) is 5.38. The van der Waals surface area contributed by atoms with E-state index in [1.807, 2.05) is 30.3 Å². The molecule has 0 atom stereocenters. The van der Waals surface area contributed by atoms with Gasteiger partial charge in [0.1, 0.15) is 6.61 Å². The molecular weight excluding hydrogens is 376 g/mol. The summed E-state index contributed by atoms with van der Waals surface area (Å²) in [4.78, 5) is 16.4. The second kappa shape index (κ2) is 9.14. The van der Waals surface area contributed by atoms with Crippen LogP contribution in [0.25, 0.3) is 0 Å². The molecule has 2 aromatic carbocycles. The highest BCUT2D eigenvalue weighted by Crippen LogP contribution is 2.19. The number of hydrogen-bond donors (Lipinski definition) is 1. The van der Waals surface area contributed by atoms with Gasteiger partial charge in [-0.3, -0.25) is 14.5 Å². The van der Waals surface area contributed by atoms with Crippen LogP contribution in [0, 0.1) is 0 Å². The first kappa shape index (κ1) is 19.6. The smallest absolute Gasteiger partial charge is 0.306 e. The molecule has 3 aromatic rings. The van der Waals surface area contributed by atoms with Crippen molar-refractivity contribution in [2.45, 2.75) is 24.3 Å². The minimum atomic E-state index is -3.73. The Kier molecular flexibility index (Phi) is 6.39. The number of benzene rings is 2. The molecule has 1 aromatic heterocycles. The maximum atomic E-state index is 12.5. The summed E-state index contributed by atoms with van der Waals surface area (Å²) in [5.41, 5.74) is 1.74. The Bertz CT molecular complexity index is 1020. The van der Waals surface area contributed by atoms with Gasteiger partial charge in [0.2, 0.25) is 0 Å². The van der Waals surface area contributed by atoms with Crippen LogP contribution in [0.4, 0.5) is 5.69 Å². The quantitative estimate of drug-likeness (QED) is 0.589. The van der Waals surface area contributed by atoms with Crippen LogP contribution in [0.3, 0.4) is 0 Å². The predicted molar refractivity (Wildman–Crippen MR) is 106 cm³/mol. The molecule has 28 heavy (non-hydrogen) atoms. The number of anilines is 1. The number of aryl methyl sites for hydroxylation is 1. The summed E-state index contributed by atoms with van der Waals surface area (Å²) >= 11 is 0. The second-order valence-corrected chi connectivity index (χ2v) is 7.74. The van der Waals surface area contributed by atoms with Gasteiger partial charge in [0, 0.05) is 12.6 Å². The minimum absolute atomic E-state index is 0.101. The van der Waals surface area contributed by atoms with Gasteiger partial charge in [-0.05, 0) is 29.8 Å². The topological polar surface area (TPSA) is 85.4 Å². The largest absolute Gasteiger partial charge is 0.461 e. The molecule has 144 valence electrons. The Morgan fingerprint density at radius 2 is 1.61 bits per heavy atom. The highest BCUT2D eigenvalue weighted by molar-refractivity contribution is 7.92. The normalized spacial score (nSPS) is 11.0. The molecule has 6 nitrogen and oxygen atoms in total. The third kappa shape index (κ3) is 5.40. The first-order valence-corrected chi connectivity index (χ1v) is 10.2. The van der Waals surface area contributed by atoms with E-state index in [2.05, 4.69) is 9.71 Å². The fourth-order valence-electron chi connectivity index (χ4n) is 2.56. The van der Waals surface area contributed by atoms with Gasteiger partial charge in [-0.25, -0.2) is 8.42 Å². The van der Waals surface area contributed by atoms with E-state index in [-0.39, 0.29) is 30.3 Å². The summed E-state index contributed by atoms with van der Waals surface area (Å²) in [6.45, 7) is 0.204. The van der Waals surface area contributed by atoms with Crippen LogP contribution in [-0.2, 0) is 32.6 Å². The molecule has 0 saturated carbocycles. The number of esters is 1. The minimum Gasteiger partial charge on any atom is -0.461 e. The fraction of sp³-hybridized carbons (Fsp3) is 0.143. The summed E-state index contributed by atoms with van der Waals surface area (Å²) < 4.78 is 32.8. The lowest BCUT2D eigenvalue weighted by Crippen LogP contribution is -2.15. The van der Waals surface area contributed by atoms with Crippen LogP contribution < -0.4 is 4.72 Å². The van der Waals surface area contributed by atoms with E-state index in [4.69, 9.17) is 4.74 Å². The zero-order chi connectivity index (χ0) is 19.8. The molecule has 1 heterocycles. The highest BCUT2D eigenvalue weighted by atomic mass is 32.2. The van der Waals surface area contributed by atoms with Gasteiger partial charge in [0.25, 0.3) is 10.0 Å². The van der Waals surface area contributed by atoms with E-state index >= 15 is 0 Å². The van der Waals surface area contributed by atoms with Crippen LogP contribution in [0.2, 0.25) is 0 Å². The molecule has 0 amide bonds. The van der Waals surface area contributed by atoms with E-state index in [1.165, 1.54) is 12.1 Å². The van der Waals surface area contributed by atoms with E-state index in [0.29, 0.717) is 11.4 Å². The van der Waals surface area contributed by atoms with Crippen molar-refractivity contribution < 1.29 is 17.9 Å². The number of nitrogens with zero attached hydrogens (tertiary/aromatic N) is 1. The van der Waals surface area contributed by atoms with Crippen molar-refractivity contribution >= 4 is 21.7 Å². The second-order valence-electron chi connectivity index (χ2n) is 6.06. The van der Waals surface area contributed by atoms with Gasteiger partial charge < -0.3 is 4.74 Å². The van der Waals surface area contributed by atoms with E-state index in [1.54, 1.807) is 36.5 Å². The van der Waals surface area contributed by atoms with Crippen molar-refractivity contribution in [1.82, 2.24) is 4.98 Å². The first-order chi connectivity index (χ1) is 13.5. The number of ether oxygens (including phenoxy) is 1. The van der Waals surface area contributed by atoms with E-state index in [9.17, 15) is 13.2 Å². The molecule has 3 rings (SSSR count). The van der Waals surface area contributed by atoms with Gasteiger partial charge in [0.15, 0.2) is 0 Å². The number of rotatable bonds is 8. The van der Waals surface area contributed by atoms with Crippen molar-refractivity contribution in [2.24, 2.45) is 0 Å². The molecule has 0 aliphatic heterocycles. The van der Waals surface area contributed by atoms with Gasteiger partial charge in [-0.15, -0.1) is 0 Å². The summed E-state index contributed by atoms with van der Waals surface area (Å²) in [7, 11) is -3.73. The number of pyridine rings is 1. The molecule has 0 aliphatic rings. The number of sulfonamides is 1. The molecule has 0 unspecified atom stereocenters. The van der Waals surface area contributed by atoms with Crippen molar-refractivity contribution in [3.05, 3.63) is 90.3 Å². The summed E-state index contributed by atoms with van der Waals surface area (Å²) in [5, 5.41) is 0. The van der Waals surface area contributed by atoms with E-state index < -0.39 is 10.0 Å². The lowest BCUT2D eigenvalue weighted by molar-refractivity contribution is -0.144. The number of nitrogens with one attached hydrogen (secondary N) is 1. The molecule has 7 heteroatoms. The number of carbonyl (C=O) groups is 1. The van der Waals surface area contributed by atoms with Gasteiger partial charge >= 0.3 is 5.97 Å². The molecular formula is C21H20N2O4S. The molecule has 0 spiro atoms. The lowest BCUT2D eigenvalue weighted by atomic mass is 10.2. The van der Waals surface area contributed by atoms with Crippen LogP contribution in [0.1, 0.15) is 17.7 Å². The van der Waals surface area contributed by atoms with Crippen LogP contribution >= 0.6 is 0 Å². The summed E-state index contributed by atoms with van der Waals surface area (Å²) in [6, 6.07) is 20.7. The van der Waals surface area contributed by atoms with Gasteiger partial charge in [-0.1, -0.05) is 48.5 Å². The summed E-state index contributed by atoms with van der Waals surface area (Å²) in [5.74, 6) is -0.369. The maximum absolute atomic E-state index is 12.5. The molecule has 0 bridgehead atoms. The number of aromatic nitrogens is 1. The monoisotopic (exact) mass is 396 g/mol. The molecule has 1 N–H and O–H groups in total. The van der Waals surface area contributed by atoms with Crippen LogP contribution in [0.15, 0.2) is 83.9 Å². The average Bonchev–Trinajstić information content (AvgIpc) is 2.73. The van der Waals surface area contributed by atoms with E-state index in [0.717, 1.165) is 5.56 Å². The van der Waals surface area contributed by atoms with Crippen molar-refractivity contribution in [3.63, 3.8) is 0 Å². The van der Waals surface area contributed by atoms with Crippen LogP contribution in [-0.4, -0.2) is 19.4 Å². The highest BCUT2D eigenvalue weighted by Gasteiger charge is 2.16. The SMILES string of the molecule is O=C(CCc1ncccc1NS(=O)(=O)c1ccccc1)OCc1ccccc1. The lowest BCUT2D eigenvalue weighted by Gasteiger charge is -2.12. The molecule has 0 saturated heterocycles. The fourth-order valence-corrected chi connectivity index (χ4v) is 3.67. The summed E-state index contributed by atoms with van der Waals surface area (Å²) in [6.07, 6.45) is 1.93. The Labute approximate surface area is 164 Å². The standard InChI is InChI=1S/C21H20N2O4S/c24-21(27-16-17-8-3-1-4-9-17)14-13-19-20(12-7-15-22-19)23-28(25,26)18-10-5-2-6-11-18/h1-12,15,23H,13-14,16H2. The molecule has 0 aliphatic carbocycles. The molecule has 0 fully saturated rings. The Hall–Kier alpha value is -3.19. The number of carbonyl (C=O) groups excluding carboxylic acids is 1. The van der Waals surface area contributed by atoms with Gasteiger partial charge in [0.05, 0.1) is 22.7 Å². The van der Waals surface area contributed by atoms with Gasteiger partial charge in [-0.2, -0.15) is 0 Å². The Morgan fingerprint density at radius 1 is 0.929 bits per heavy atom. The van der Waals surface area contributed by atoms with Crippen molar-refractivity contribution in [2.75, 3.05) is 4.72 Å². The third-order valence-electron chi connectivity index (χ3n) is 4.00. The molecule has 0 radical (unpaired) electrons. The zero-order valence-electron chi connectivity index (χ0n) is 15.1. The van der Waals surface area contributed by atoms with Crippen molar-refractivity contribution in [3.8, 4) is 0 Å².